The number of sulfonamides is 1. The zero-order valence-electron chi connectivity index (χ0n) is 12.1. The van der Waals surface area contributed by atoms with Crippen molar-refractivity contribution in [3.8, 4) is 5.75 Å². The van der Waals surface area contributed by atoms with Crippen molar-refractivity contribution < 1.29 is 23.1 Å². The second-order valence-electron chi connectivity index (χ2n) is 5.13. The molecular weight excluding hydrogens is 294 g/mol. The van der Waals surface area contributed by atoms with E-state index < -0.39 is 16.0 Å². The van der Waals surface area contributed by atoms with Gasteiger partial charge in [0.2, 0.25) is 10.0 Å². The van der Waals surface area contributed by atoms with Crippen LogP contribution in [0.4, 0.5) is 0 Å². The number of phenols is 1. The van der Waals surface area contributed by atoms with E-state index >= 15 is 0 Å². The van der Waals surface area contributed by atoms with Crippen LogP contribution in [0.25, 0.3) is 0 Å². The van der Waals surface area contributed by atoms with Gasteiger partial charge in [0.25, 0.3) is 0 Å². The predicted octanol–water partition coefficient (Wildman–Crippen LogP) is 1.74. The smallest absolute Gasteiger partial charge is 0.341 e. The van der Waals surface area contributed by atoms with Crippen LogP contribution in [0.2, 0.25) is 0 Å². The average Bonchev–Trinajstić information content (AvgIpc) is 2.99. The molecule has 0 aromatic heterocycles. The van der Waals surface area contributed by atoms with Crippen LogP contribution in [-0.2, 0) is 14.8 Å². The third-order valence-electron chi connectivity index (χ3n) is 3.89. The van der Waals surface area contributed by atoms with E-state index in [2.05, 4.69) is 4.74 Å². The lowest BCUT2D eigenvalue weighted by Gasteiger charge is -2.23. The van der Waals surface area contributed by atoms with Gasteiger partial charge in [0.15, 0.2) is 0 Å². The largest absolute Gasteiger partial charge is 0.507 e. The Balaban J connectivity index is 2.38. The van der Waals surface area contributed by atoms with E-state index in [4.69, 9.17) is 0 Å². The van der Waals surface area contributed by atoms with Crippen molar-refractivity contribution in [2.45, 2.75) is 36.6 Å². The van der Waals surface area contributed by atoms with Crippen LogP contribution in [0.1, 0.15) is 36.0 Å². The fourth-order valence-corrected chi connectivity index (χ4v) is 4.02. The third kappa shape index (κ3) is 3.03. The Morgan fingerprint density at radius 2 is 1.95 bits per heavy atom. The van der Waals surface area contributed by atoms with E-state index in [1.807, 2.05) is 0 Å². The maximum atomic E-state index is 12.6. The third-order valence-corrected chi connectivity index (χ3v) is 5.80. The number of methoxy groups -OCH3 is 1. The van der Waals surface area contributed by atoms with E-state index in [1.54, 1.807) is 7.05 Å². The molecule has 1 N–H and O–H groups in total. The minimum atomic E-state index is -3.69. The lowest BCUT2D eigenvalue weighted by molar-refractivity contribution is 0.0597. The summed E-state index contributed by atoms with van der Waals surface area (Å²) in [6.07, 6.45) is 3.73. The van der Waals surface area contributed by atoms with Gasteiger partial charge < -0.3 is 9.84 Å². The molecule has 1 fully saturated rings. The molecule has 1 aliphatic carbocycles. The summed E-state index contributed by atoms with van der Waals surface area (Å²) in [4.78, 5) is 11.5. The van der Waals surface area contributed by atoms with E-state index in [0.29, 0.717) is 0 Å². The number of esters is 1. The van der Waals surface area contributed by atoms with Crippen molar-refractivity contribution in [1.29, 1.82) is 0 Å². The quantitative estimate of drug-likeness (QED) is 0.856. The lowest BCUT2D eigenvalue weighted by atomic mass is 10.2. The average molecular weight is 313 g/mol. The Morgan fingerprint density at radius 3 is 2.52 bits per heavy atom. The van der Waals surface area contributed by atoms with Crippen molar-refractivity contribution >= 4 is 16.0 Å². The molecule has 21 heavy (non-hydrogen) atoms. The summed E-state index contributed by atoms with van der Waals surface area (Å²) in [5.74, 6) is -1.07. The van der Waals surface area contributed by atoms with Gasteiger partial charge in [0.05, 0.1) is 12.0 Å². The molecule has 0 radical (unpaired) electrons. The van der Waals surface area contributed by atoms with Crippen LogP contribution in [-0.4, -0.2) is 44.0 Å². The summed E-state index contributed by atoms with van der Waals surface area (Å²) in [6, 6.07) is 3.64. The highest BCUT2D eigenvalue weighted by molar-refractivity contribution is 7.89. The van der Waals surface area contributed by atoms with Crippen LogP contribution < -0.4 is 0 Å². The van der Waals surface area contributed by atoms with Gasteiger partial charge in [-0.1, -0.05) is 12.8 Å². The van der Waals surface area contributed by atoms with Crippen LogP contribution in [0.5, 0.6) is 5.75 Å². The van der Waals surface area contributed by atoms with Gasteiger partial charge in [0, 0.05) is 13.1 Å². The maximum Gasteiger partial charge on any atom is 0.341 e. The Kier molecular flexibility index (Phi) is 4.53. The van der Waals surface area contributed by atoms with Crippen LogP contribution in [0.3, 0.4) is 0 Å². The van der Waals surface area contributed by atoms with E-state index in [0.717, 1.165) is 31.7 Å². The fourth-order valence-electron chi connectivity index (χ4n) is 2.58. The van der Waals surface area contributed by atoms with Gasteiger partial charge in [-0.3, -0.25) is 0 Å². The first kappa shape index (κ1) is 15.8. The first-order valence-electron chi connectivity index (χ1n) is 6.77. The van der Waals surface area contributed by atoms with Gasteiger partial charge in [-0.05, 0) is 31.0 Å². The molecule has 0 aliphatic heterocycles. The minimum absolute atomic E-state index is 0.00891. The molecule has 0 spiro atoms. The summed E-state index contributed by atoms with van der Waals surface area (Å²) in [5, 5.41) is 9.64. The van der Waals surface area contributed by atoms with E-state index in [-0.39, 0.29) is 22.3 Å². The summed E-state index contributed by atoms with van der Waals surface area (Å²) < 4.78 is 31.1. The molecule has 0 bridgehead atoms. The predicted molar refractivity (Wildman–Crippen MR) is 76.7 cm³/mol. The van der Waals surface area contributed by atoms with Crippen molar-refractivity contribution in [3.05, 3.63) is 23.8 Å². The van der Waals surface area contributed by atoms with Crippen molar-refractivity contribution in [2.75, 3.05) is 14.2 Å². The number of nitrogens with zero attached hydrogens (tertiary/aromatic N) is 1. The van der Waals surface area contributed by atoms with Crippen molar-refractivity contribution in [3.63, 3.8) is 0 Å². The van der Waals surface area contributed by atoms with Crippen molar-refractivity contribution in [2.24, 2.45) is 0 Å². The number of rotatable bonds is 4. The zero-order valence-corrected chi connectivity index (χ0v) is 12.9. The summed E-state index contributed by atoms with van der Waals surface area (Å²) >= 11 is 0. The number of ether oxygens (including phenoxy) is 1. The second-order valence-corrected chi connectivity index (χ2v) is 7.13. The molecule has 6 nitrogen and oxygen atoms in total. The number of carbonyl (C=O) groups excluding carboxylic acids is 1. The molecule has 7 heteroatoms. The molecule has 116 valence electrons. The molecule has 1 aliphatic rings. The molecule has 0 saturated heterocycles. The Hall–Kier alpha value is -1.60. The van der Waals surface area contributed by atoms with E-state index in [9.17, 15) is 18.3 Å². The molecule has 1 saturated carbocycles. The molecule has 0 unspecified atom stereocenters. The lowest BCUT2D eigenvalue weighted by Crippen LogP contribution is -2.35. The Labute approximate surface area is 124 Å². The number of aromatic hydroxyl groups is 1. The molecule has 2 rings (SSSR count). The number of carbonyl (C=O) groups is 1. The zero-order chi connectivity index (χ0) is 15.6. The van der Waals surface area contributed by atoms with Crippen LogP contribution in [0, 0.1) is 0 Å². The normalized spacial score (nSPS) is 16.3. The summed E-state index contributed by atoms with van der Waals surface area (Å²) in [5.41, 5.74) is -0.154. The Morgan fingerprint density at radius 1 is 1.33 bits per heavy atom. The maximum absolute atomic E-state index is 12.6. The number of benzene rings is 1. The molecule has 0 amide bonds. The number of hydrogen-bond donors (Lipinski definition) is 1. The highest BCUT2D eigenvalue weighted by Crippen LogP contribution is 2.29. The molecule has 0 heterocycles. The van der Waals surface area contributed by atoms with E-state index in [1.165, 1.54) is 23.5 Å². The molecule has 1 aromatic carbocycles. The van der Waals surface area contributed by atoms with Crippen molar-refractivity contribution in [1.82, 2.24) is 4.31 Å². The highest BCUT2D eigenvalue weighted by Gasteiger charge is 2.30. The monoisotopic (exact) mass is 313 g/mol. The van der Waals surface area contributed by atoms with Gasteiger partial charge in [-0.25, -0.2) is 13.2 Å². The first-order valence-corrected chi connectivity index (χ1v) is 8.21. The topological polar surface area (TPSA) is 83.9 Å². The van der Waals surface area contributed by atoms with Gasteiger partial charge in [-0.2, -0.15) is 4.31 Å². The number of hydrogen-bond acceptors (Lipinski definition) is 5. The second kappa shape index (κ2) is 6.03. The number of phenolic OH excluding ortho intramolecular Hbond substituents is 1. The van der Waals surface area contributed by atoms with Crippen LogP contribution >= 0.6 is 0 Å². The molecule has 1 aromatic rings. The molecular formula is C14H19NO5S. The standard InChI is InChI=1S/C14H19NO5S/c1-15(10-5-3-4-6-10)21(18,19)11-7-8-13(16)12(9-11)14(17)20-2/h7-10,16H,3-6H2,1-2H3. The molecule has 0 atom stereocenters. The SMILES string of the molecule is COC(=O)c1cc(S(=O)(=O)N(C)C2CCCC2)ccc1O. The minimum Gasteiger partial charge on any atom is -0.507 e. The van der Waals surface area contributed by atoms with Gasteiger partial charge >= 0.3 is 5.97 Å². The fraction of sp³-hybridized carbons (Fsp3) is 0.500. The summed E-state index contributed by atoms with van der Waals surface area (Å²) in [7, 11) is -0.963. The first-order chi connectivity index (χ1) is 9.87. The summed E-state index contributed by atoms with van der Waals surface area (Å²) in [6.45, 7) is 0. The Bertz CT molecular complexity index is 635. The van der Waals surface area contributed by atoms with Gasteiger partial charge in [0.1, 0.15) is 11.3 Å². The van der Waals surface area contributed by atoms with Gasteiger partial charge in [-0.15, -0.1) is 0 Å². The highest BCUT2D eigenvalue weighted by atomic mass is 32.2. The van der Waals surface area contributed by atoms with Crippen LogP contribution in [0.15, 0.2) is 23.1 Å².